The molecule has 0 amide bonds. The van der Waals surface area contributed by atoms with Crippen molar-refractivity contribution in [3.8, 4) is 5.75 Å². The first-order chi connectivity index (χ1) is 6.50. The zero-order chi connectivity index (χ0) is 10.8. The fraction of sp³-hybridized carbons (Fsp3) is 0.222. The van der Waals surface area contributed by atoms with E-state index in [1.807, 2.05) is 0 Å². The minimum absolute atomic E-state index is 0.313. The summed E-state index contributed by atoms with van der Waals surface area (Å²) in [6.45, 7) is 0. The molecule has 0 radical (unpaired) electrons. The van der Waals surface area contributed by atoms with Crippen LogP contribution in [0.1, 0.15) is 5.56 Å². The Morgan fingerprint density at radius 2 is 1.93 bits per heavy atom. The largest absolute Gasteiger partial charge is 0.507 e. The molecule has 0 heterocycles. The molecule has 0 aliphatic carbocycles. The number of benzene rings is 1. The molecule has 0 aromatic heterocycles. The number of aromatic hydroxyl groups is 1. The summed E-state index contributed by atoms with van der Waals surface area (Å²) in [7, 11) is 1.02. The van der Waals surface area contributed by atoms with Crippen molar-refractivity contribution in [2.24, 2.45) is 0 Å². The van der Waals surface area contributed by atoms with Gasteiger partial charge in [0.25, 0.3) is 5.79 Å². The third-order valence-corrected chi connectivity index (χ3v) is 1.75. The molecule has 0 unspecified atom stereocenters. The minimum Gasteiger partial charge on any atom is -0.507 e. The molecule has 1 rings (SSSR count). The highest BCUT2D eigenvalue weighted by Gasteiger charge is 2.38. The van der Waals surface area contributed by atoms with Gasteiger partial charge >= 0.3 is 5.97 Å². The fourth-order valence-electron chi connectivity index (χ4n) is 1.02. The highest BCUT2D eigenvalue weighted by atomic mass is 16.6. The summed E-state index contributed by atoms with van der Waals surface area (Å²) >= 11 is 0. The summed E-state index contributed by atoms with van der Waals surface area (Å²) < 4.78 is 4.17. The number of carbonyl (C=O) groups excluding carboxylic acids is 1. The first-order valence-corrected chi connectivity index (χ1v) is 3.81. The summed E-state index contributed by atoms with van der Waals surface area (Å²) in [6, 6.07) is 5.40. The molecule has 5 heteroatoms. The van der Waals surface area contributed by atoms with E-state index in [1.165, 1.54) is 24.3 Å². The normalized spacial score (nSPS) is 11.1. The number of phenols is 1. The molecule has 0 saturated heterocycles. The molecule has 0 aliphatic heterocycles. The van der Waals surface area contributed by atoms with Gasteiger partial charge in [0.05, 0.1) is 12.7 Å². The molecule has 0 saturated carbocycles. The van der Waals surface area contributed by atoms with Gasteiger partial charge in [-0.1, -0.05) is 12.1 Å². The van der Waals surface area contributed by atoms with Gasteiger partial charge in [-0.2, -0.15) is 0 Å². The van der Waals surface area contributed by atoms with Gasteiger partial charge in [-0.25, -0.2) is 4.79 Å². The lowest BCUT2D eigenvalue weighted by Gasteiger charge is -2.19. The lowest BCUT2D eigenvalue weighted by atomic mass is 10.1. The predicted octanol–water partition coefficient (Wildman–Crippen LogP) is -0.297. The molecule has 0 bridgehead atoms. The van der Waals surface area contributed by atoms with E-state index in [2.05, 4.69) is 4.74 Å². The molecule has 14 heavy (non-hydrogen) atoms. The van der Waals surface area contributed by atoms with Crippen molar-refractivity contribution in [2.75, 3.05) is 7.11 Å². The quantitative estimate of drug-likeness (QED) is 0.448. The molecule has 0 spiro atoms. The molecule has 5 nitrogen and oxygen atoms in total. The van der Waals surface area contributed by atoms with Crippen LogP contribution in [0, 0.1) is 0 Å². The summed E-state index contributed by atoms with van der Waals surface area (Å²) in [6.07, 6.45) is 0. The summed E-state index contributed by atoms with van der Waals surface area (Å²) in [5.74, 6) is -4.46. The molecule has 3 N–H and O–H groups in total. The molecule has 0 aliphatic rings. The standard InChI is InChI=1S/C9H10O5/c1-14-8(11)9(12,13)6-4-2-3-5-7(6)10/h2-5,10,12-13H,1H3. The number of ether oxygens (including phenoxy) is 1. The third kappa shape index (κ3) is 1.68. The predicted molar refractivity (Wildman–Crippen MR) is 46.2 cm³/mol. The highest BCUT2D eigenvalue weighted by Crippen LogP contribution is 2.27. The van der Waals surface area contributed by atoms with Gasteiger partial charge in [-0.3, -0.25) is 0 Å². The Labute approximate surface area is 80.2 Å². The van der Waals surface area contributed by atoms with Crippen molar-refractivity contribution < 1.29 is 24.9 Å². The number of hydrogen-bond donors (Lipinski definition) is 3. The molecule has 0 fully saturated rings. The second kappa shape index (κ2) is 3.65. The first-order valence-electron chi connectivity index (χ1n) is 3.81. The second-order valence-corrected chi connectivity index (χ2v) is 2.68. The van der Waals surface area contributed by atoms with Crippen LogP contribution in [0.2, 0.25) is 0 Å². The van der Waals surface area contributed by atoms with E-state index in [1.54, 1.807) is 0 Å². The van der Waals surface area contributed by atoms with E-state index in [-0.39, 0.29) is 11.3 Å². The maximum Gasteiger partial charge on any atom is 0.371 e. The van der Waals surface area contributed by atoms with Gasteiger partial charge in [-0.15, -0.1) is 0 Å². The number of phenolic OH excluding ortho intramolecular Hbond substituents is 1. The SMILES string of the molecule is COC(=O)C(O)(O)c1ccccc1O. The molecular weight excluding hydrogens is 188 g/mol. The monoisotopic (exact) mass is 198 g/mol. The van der Waals surface area contributed by atoms with Crippen LogP contribution in [0.25, 0.3) is 0 Å². The van der Waals surface area contributed by atoms with Crippen molar-refractivity contribution in [1.29, 1.82) is 0 Å². The number of esters is 1. The Hall–Kier alpha value is -1.59. The topological polar surface area (TPSA) is 87.0 Å². The van der Waals surface area contributed by atoms with E-state index < -0.39 is 11.8 Å². The summed E-state index contributed by atoms with van der Waals surface area (Å²) in [5.41, 5.74) is -0.313. The Morgan fingerprint density at radius 1 is 1.36 bits per heavy atom. The fourth-order valence-corrected chi connectivity index (χ4v) is 1.02. The van der Waals surface area contributed by atoms with Crippen LogP contribution >= 0.6 is 0 Å². The van der Waals surface area contributed by atoms with E-state index in [0.717, 1.165) is 7.11 Å². The minimum atomic E-state index is -2.82. The Morgan fingerprint density at radius 3 is 2.43 bits per heavy atom. The smallest absolute Gasteiger partial charge is 0.371 e. The van der Waals surface area contributed by atoms with Crippen LogP contribution in [0.4, 0.5) is 0 Å². The van der Waals surface area contributed by atoms with Gasteiger partial charge in [-0.05, 0) is 12.1 Å². The Bertz CT molecular complexity index is 345. The lowest BCUT2D eigenvalue weighted by molar-refractivity contribution is -0.211. The molecule has 1 aromatic rings. The van der Waals surface area contributed by atoms with Crippen molar-refractivity contribution in [1.82, 2.24) is 0 Å². The highest BCUT2D eigenvalue weighted by molar-refractivity contribution is 5.79. The van der Waals surface area contributed by atoms with Crippen molar-refractivity contribution in [2.45, 2.75) is 5.79 Å². The third-order valence-electron chi connectivity index (χ3n) is 1.75. The van der Waals surface area contributed by atoms with Crippen LogP contribution in [-0.2, 0) is 15.3 Å². The Kier molecular flexibility index (Phi) is 2.73. The van der Waals surface area contributed by atoms with E-state index >= 15 is 0 Å². The van der Waals surface area contributed by atoms with Crippen LogP contribution in [0.3, 0.4) is 0 Å². The van der Waals surface area contributed by atoms with Gasteiger partial charge in [0.1, 0.15) is 5.75 Å². The number of para-hydroxylation sites is 1. The summed E-state index contributed by atoms with van der Waals surface area (Å²) in [4.78, 5) is 11.0. The van der Waals surface area contributed by atoms with Crippen LogP contribution < -0.4 is 0 Å². The average Bonchev–Trinajstić information content (AvgIpc) is 2.17. The van der Waals surface area contributed by atoms with Gasteiger partial charge in [0.15, 0.2) is 0 Å². The zero-order valence-electron chi connectivity index (χ0n) is 7.47. The molecule has 76 valence electrons. The van der Waals surface area contributed by atoms with Crippen LogP contribution in [-0.4, -0.2) is 28.4 Å². The number of methoxy groups -OCH3 is 1. The van der Waals surface area contributed by atoms with Gasteiger partial charge < -0.3 is 20.1 Å². The van der Waals surface area contributed by atoms with E-state index in [9.17, 15) is 20.1 Å². The van der Waals surface area contributed by atoms with Crippen molar-refractivity contribution in [3.05, 3.63) is 29.8 Å². The van der Waals surface area contributed by atoms with Gasteiger partial charge in [0.2, 0.25) is 0 Å². The zero-order valence-corrected chi connectivity index (χ0v) is 7.47. The maximum atomic E-state index is 11.0. The lowest BCUT2D eigenvalue weighted by Crippen LogP contribution is -2.36. The van der Waals surface area contributed by atoms with E-state index in [0.29, 0.717) is 0 Å². The molecule has 0 atom stereocenters. The van der Waals surface area contributed by atoms with Crippen molar-refractivity contribution >= 4 is 5.97 Å². The molecular formula is C9H10O5. The maximum absolute atomic E-state index is 11.0. The first kappa shape index (κ1) is 10.5. The second-order valence-electron chi connectivity index (χ2n) is 2.68. The van der Waals surface area contributed by atoms with E-state index in [4.69, 9.17) is 0 Å². The van der Waals surface area contributed by atoms with Gasteiger partial charge in [0, 0.05) is 0 Å². The summed E-state index contributed by atoms with van der Waals surface area (Å²) in [5, 5.41) is 28.0. The number of carbonyl (C=O) groups is 1. The molecule has 1 aromatic carbocycles. The number of rotatable bonds is 2. The van der Waals surface area contributed by atoms with Crippen LogP contribution in [0.15, 0.2) is 24.3 Å². The van der Waals surface area contributed by atoms with Crippen LogP contribution in [0.5, 0.6) is 5.75 Å². The average molecular weight is 198 g/mol. The Balaban J connectivity index is 3.16. The number of aliphatic hydroxyl groups is 2. The van der Waals surface area contributed by atoms with Crippen molar-refractivity contribution in [3.63, 3.8) is 0 Å². The number of hydrogen-bond acceptors (Lipinski definition) is 5.